The van der Waals surface area contributed by atoms with Gasteiger partial charge in [-0.2, -0.15) is 0 Å². The van der Waals surface area contributed by atoms with Crippen LogP contribution in [-0.2, 0) is 27.2 Å². The van der Waals surface area contributed by atoms with Gasteiger partial charge in [-0.3, -0.25) is 14.4 Å². The first kappa shape index (κ1) is 18.4. The summed E-state index contributed by atoms with van der Waals surface area (Å²) in [6, 6.07) is 0. The van der Waals surface area contributed by atoms with Crippen molar-refractivity contribution in [2.75, 3.05) is 11.9 Å². The highest BCUT2D eigenvalue weighted by Crippen LogP contribution is 2.37. The third-order valence-corrected chi connectivity index (χ3v) is 4.92. The number of carbonyl (C=O) groups is 3. The number of hydrogen-bond acceptors (Lipinski definition) is 5. The molecule has 0 saturated carbocycles. The van der Waals surface area contributed by atoms with Crippen molar-refractivity contribution < 1.29 is 19.1 Å². The number of nitrogens with one attached hydrogen (secondary N) is 1. The molecule has 0 fully saturated rings. The minimum atomic E-state index is -0.533. The number of anilines is 1. The van der Waals surface area contributed by atoms with Gasteiger partial charge in [0, 0.05) is 4.88 Å². The normalized spacial score (nSPS) is 14.0. The highest BCUT2D eigenvalue weighted by atomic mass is 32.1. The number of esters is 1. The predicted molar refractivity (Wildman–Crippen MR) is 93.1 cm³/mol. The summed E-state index contributed by atoms with van der Waals surface area (Å²) in [5.74, 6) is -1.41. The summed E-state index contributed by atoms with van der Waals surface area (Å²) >= 11 is 1.39. The van der Waals surface area contributed by atoms with Gasteiger partial charge in [0.05, 0.1) is 12.0 Å². The minimum Gasteiger partial charge on any atom is -0.456 e. The van der Waals surface area contributed by atoms with E-state index in [1.165, 1.54) is 11.3 Å². The lowest BCUT2D eigenvalue weighted by Gasteiger charge is -2.16. The maximum Gasteiger partial charge on any atom is 0.306 e. The molecule has 0 unspecified atom stereocenters. The second-order valence-electron chi connectivity index (χ2n) is 7.23. The van der Waals surface area contributed by atoms with Crippen LogP contribution in [-0.4, -0.2) is 24.4 Å². The molecule has 0 aromatic carbocycles. The number of amides is 2. The number of primary amides is 1. The molecular weight excluding hydrogens is 328 g/mol. The van der Waals surface area contributed by atoms with E-state index in [9.17, 15) is 14.4 Å². The summed E-state index contributed by atoms with van der Waals surface area (Å²) in [5.41, 5.74) is 6.65. The van der Waals surface area contributed by atoms with Crippen molar-refractivity contribution in [2.45, 2.75) is 52.9 Å². The lowest BCUT2D eigenvalue weighted by Crippen LogP contribution is -2.24. The molecule has 0 saturated heterocycles. The van der Waals surface area contributed by atoms with Crippen LogP contribution in [0.5, 0.6) is 0 Å². The van der Waals surface area contributed by atoms with Crippen molar-refractivity contribution in [3.63, 3.8) is 0 Å². The van der Waals surface area contributed by atoms with Gasteiger partial charge in [0.15, 0.2) is 6.61 Å². The summed E-state index contributed by atoms with van der Waals surface area (Å²) < 4.78 is 4.99. The Labute approximate surface area is 145 Å². The Morgan fingerprint density at radius 3 is 2.50 bits per heavy atom. The second kappa shape index (κ2) is 7.34. The average Bonchev–Trinajstić information content (AvgIpc) is 2.81. The van der Waals surface area contributed by atoms with Crippen LogP contribution < -0.4 is 11.1 Å². The molecule has 1 aliphatic rings. The van der Waals surface area contributed by atoms with Crippen molar-refractivity contribution in [1.29, 1.82) is 0 Å². The standard InChI is InChI=1S/C17H24N2O4S/c1-17(2,3)8-13(21)23-9-12(20)19-16-14(15(18)22)10-6-4-5-7-11(10)24-16/h4-9H2,1-3H3,(H2,18,22)(H,19,20). The van der Waals surface area contributed by atoms with E-state index in [1.54, 1.807) is 0 Å². The van der Waals surface area contributed by atoms with Gasteiger partial charge in [0.25, 0.3) is 11.8 Å². The van der Waals surface area contributed by atoms with Crippen molar-refractivity contribution >= 4 is 34.1 Å². The maximum atomic E-state index is 12.0. The van der Waals surface area contributed by atoms with E-state index in [0.717, 1.165) is 36.1 Å². The number of aryl methyl sites for hydroxylation is 1. The fourth-order valence-corrected chi connectivity index (χ4v) is 4.02. The summed E-state index contributed by atoms with van der Waals surface area (Å²) in [7, 11) is 0. The van der Waals surface area contributed by atoms with Gasteiger partial charge in [-0.25, -0.2) is 0 Å². The Morgan fingerprint density at radius 2 is 1.88 bits per heavy atom. The first-order valence-electron chi connectivity index (χ1n) is 8.07. The van der Waals surface area contributed by atoms with Crippen molar-refractivity contribution in [3.8, 4) is 0 Å². The van der Waals surface area contributed by atoms with E-state index in [1.807, 2.05) is 20.8 Å². The zero-order chi connectivity index (χ0) is 17.9. The third-order valence-electron chi connectivity index (χ3n) is 3.71. The van der Waals surface area contributed by atoms with Crippen LogP contribution in [0.3, 0.4) is 0 Å². The highest BCUT2D eigenvalue weighted by molar-refractivity contribution is 7.17. The quantitative estimate of drug-likeness (QED) is 0.796. The van der Waals surface area contributed by atoms with E-state index in [2.05, 4.69) is 5.32 Å². The molecule has 1 aliphatic carbocycles. The Morgan fingerprint density at radius 1 is 1.21 bits per heavy atom. The number of ether oxygens (including phenoxy) is 1. The molecule has 132 valence electrons. The molecule has 0 atom stereocenters. The topological polar surface area (TPSA) is 98.5 Å². The number of fused-ring (bicyclic) bond motifs is 1. The second-order valence-corrected chi connectivity index (χ2v) is 8.33. The van der Waals surface area contributed by atoms with Gasteiger partial charge in [-0.05, 0) is 36.7 Å². The van der Waals surface area contributed by atoms with E-state index in [-0.39, 0.29) is 18.4 Å². The average molecular weight is 352 g/mol. The van der Waals surface area contributed by atoms with E-state index in [0.29, 0.717) is 10.6 Å². The molecule has 1 aromatic heterocycles. The molecule has 0 aliphatic heterocycles. The van der Waals surface area contributed by atoms with Crippen LogP contribution in [0.4, 0.5) is 5.00 Å². The summed E-state index contributed by atoms with van der Waals surface area (Å²) in [5, 5.41) is 3.13. The molecule has 1 heterocycles. The first-order chi connectivity index (χ1) is 11.2. The van der Waals surface area contributed by atoms with Gasteiger partial charge in [-0.1, -0.05) is 20.8 Å². The monoisotopic (exact) mass is 352 g/mol. The smallest absolute Gasteiger partial charge is 0.306 e. The van der Waals surface area contributed by atoms with Gasteiger partial charge >= 0.3 is 5.97 Å². The molecular formula is C17H24N2O4S. The van der Waals surface area contributed by atoms with Gasteiger partial charge in [0.1, 0.15) is 5.00 Å². The van der Waals surface area contributed by atoms with Crippen LogP contribution in [0.15, 0.2) is 0 Å². The van der Waals surface area contributed by atoms with Gasteiger partial charge < -0.3 is 15.8 Å². The van der Waals surface area contributed by atoms with Crippen LogP contribution in [0.25, 0.3) is 0 Å². The van der Waals surface area contributed by atoms with Crippen molar-refractivity contribution in [2.24, 2.45) is 11.1 Å². The Bertz CT molecular complexity index is 658. The van der Waals surface area contributed by atoms with Crippen LogP contribution in [0, 0.1) is 5.41 Å². The molecule has 2 rings (SSSR count). The molecule has 6 nitrogen and oxygen atoms in total. The lowest BCUT2D eigenvalue weighted by atomic mass is 9.92. The molecule has 2 amide bonds. The number of carbonyl (C=O) groups excluding carboxylic acids is 3. The van der Waals surface area contributed by atoms with E-state index >= 15 is 0 Å². The van der Waals surface area contributed by atoms with Crippen LogP contribution in [0.1, 0.15) is 60.8 Å². The van der Waals surface area contributed by atoms with Gasteiger partial charge in [0.2, 0.25) is 0 Å². The van der Waals surface area contributed by atoms with Crippen LogP contribution >= 0.6 is 11.3 Å². The fraction of sp³-hybridized carbons (Fsp3) is 0.588. The van der Waals surface area contributed by atoms with Crippen molar-refractivity contribution in [3.05, 3.63) is 16.0 Å². The zero-order valence-electron chi connectivity index (χ0n) is 14.4. The van der Waals surface area contributed by atoms with Crippen LogP contribution in [0.2, 0.25) is 0 Å². The van der Waals surface area contributed by atoms with E-state index < -0.39 is 17.8 Å². The number of nitrogens with two attached hydrogens (primary N) is 1. The third kappa shape index (κ3) is 4.80. The SMILES string of the molecule is CC(C)(C)CC(=O)OCC(=O)Nc1sc2c(c1C(N)=O)CCCC2. The molecule has 1 aromatic rings. The largest absolute Gasteiger partial charge is 0.456 e. The van der Waals surface area contributed by atoms with E-state index in [4.69, 9.17) is 10.5 Å². The summed E-state index contributed by atoms with van der Waals surface area (Å²) in [6.07, 6.45) is 4.03. The fourth-order valence-electron chi connectivity index (χ4n) is 2.71. The minimum absolute atomic E-state index is 0.195. The molecule has 3 N–H and O–H groups in total. The lowest BCUT2D eigenvalue weighted by molar-refractivity contribution is -0.149. The number of thiophene rings is 1. The molecule has 0 spiro atoms. The maximum absolute atomic E-state index is 12.0. The first-order valence-corrected chi connectivity index (χ1v) is 8.89. The Hall–Kier alpha value is -1.89. The van der Waals surface area contributed by atoms with Gasteiger partial charge in [-0.15, -0.1) is 11.3 Å². The Kier molecular flexibility index (Phi) is 5.64. The van der Waals surface area contributed by atoms with Crippen molar-refractivity contribution in [1.82, 2.24) is 0 Å². The predicted octanol–water partition coefficient (Wildman–Crippen LogP) is 2.64. The summed E-state index contributed by atoms with van der Waals surface area (Å²) in [6.45, 7) is 5.40. The molecule has 24 heavy (non-hydrogen) atoms. The molecule has 0 radical (unpaired) electrons. The molecule has 7 heteroatoms. The zero-order valence-corrected chi connectivity index (χ0v) is 15.2. The summed E-state index contributed by atoms with van der Waals surface area (Å²) in [4.78, 5) is 36.6. The Balaban J connectivity index is 2.00. The highest BCUT2D eigenvalue weighted by Gasteiger charge is 2.25. The molecule has 0 bridgehead atoms. The number of rotatable bonds is 5. The number of hydrogen-bond donors (Lipinski definition) is 2.